The Bertz CT molecular complexity index is 740. The van der Waals surface area contributed by atoms with E-state index in [2.05, 4.69) is 10.4 Å². The molecule has 0 aliphatic rings. The van der Waals surface area contributed by atoms with E-state index in [1.807, 2.05) is 0 Å². The van der Waals surface area contributed by atoms with Crippen molar-refractivity contribution in [1.29, 1.82) is 0 Å². The minimum atomic E-state index is -4.76. The summed E-state index contributed by atoms with van der Waals surface area (Å²) in [5.41, 5.74) is -1.37. The van der Waals surface area contributed by atoms with Crippen molar-refractivity contribution in [2.75, 3.05) is 5.32 Å². The number of rotatable bonds is 2. The van der Waals surface area contributed by atoms with Crippen LogP contribution in [0.25, 0.3) is 0 Å². The Kier molecular flexibility index (Phi) is 4.15. The van der Waals surface area contributed by atoms with Crippen LogP contribution in [-0.4, -0.2) is 15.7 Å². The molecule has 0 saturated carbocycles. The molecule has 2 rings (SSSR count). The van der Waals surface area contributed by atoms with E-state index < -0.39 is 34.3 Å². The fourth-order valence-corrected chi connectivity index (χ4v) is 2.22. The van der Waals surface area contributed by atoms with E-state index in [0.717, 1.165) is 13.1 Å². The number of aryl methyl sites for hydroxylation is 2. The molecule has 0 unspecified atom stereocenters. The molecule has 1 amide bonds. The third kappa shape index (κ3) is 3.06. The van der Waals surface area contributed by atoms with Gasteiger partial charge in [-0.05, 0) is 24.6 Å². The van der Waals surface area contributed by atoms with Crippen LogP contribution in [0.2, 0.25) is 5.02 Å². The highest BCUT2D eigenvalue weighted by molar-refractivity contribution is 6.34. The van der Waals surface area contributed by atoms with Gasteiger partial charge in [-0.3, -0.25) is 9.48 Å². The van der Waals surface area contributed by atoms with E-state index in [1.165, 1.54) is 12.1 Å². The lowest BCUT2D eigenvalue weighted by atomic mass is 10.2. The summed E-state index contributed by atoms with van der Waals surface area (Å²) in [5.74, 6) is -1.75. The van der Waals surface area contributed by atoms with Gasteiger partial charge in [0, 0.05) is 7.05 Å². The van der Waals surface area contributed by atoms with E-state index in [9.17, 15) is 22.4 Å². The minimum absolute atomic E-state index is 0.166. The Morgan fingerprint density at radius 3 is 2.55 bits per heavy atom. The van der Waals surface area contributed by atoms with E-state index in [1.54, 1.807) is 6.92 Å². The molecule has 0 spiro atoms. The highest BCUT2D eigenvalue weighted by Crippen LogP contribution is 2.36. The van der Waals surface area contributed by atoms with Crippen LogP contribution in [0, 0.1) is 12.7 Å². The van der Waals surface area contributed by atoms with Gasteiger partial charge in [-0.15, -0.1) is 0 Å². The van der Waals surface area contributed by atoms with Crippen LogP contribution in [0.5, 0.6) is 0 Å². The lowest BCUT2D eigenvalue weighted by Crippen LogP contribution is -2.14. The maximum absolute atomic E-state index is 13.6. The van der Waals surface area contributed by atoms with Crippen LogP contribution in [0.3, 0.4) is 0 Å². The molecule has 0 fully saturated rings. The van der Waals surface area contributed by atoms with Gasteiger partial charge >= 0.3 is 6.18 Å². The first-order chi connectivity index (χ1) is 10.1. The Morgan fingerprint density at radius 1 is 1.36 bits per heavy atom. The van der Waals surface area contributed by atoms with Crippen molar-refractivity contribution in [3.8, 4) is 0 Å². The van der Waals surface area contributed by atoms with E-state index >= 15 is 0 Å². The van der Waals surface area contributed by atoms with Crippen molar-refractivity contribution in [3.05, 3.63) is 46.0 Å². The van der Waals surface area contributed by atoms with Gasteiger partial charge in [0.25, 0.3) is 5.91 Å². The SMILES string of the molecule is Cc1ccc(F)c(NC(=O)c2nn(C)c(C(F)(F)F)c2Cl)c1. The Labute approximate surface area is 127 Å². The molecule has 0 radical (unpaired) electrons. The normalized spacial score (nSPS) is 11.6. The summed E-state index contributed by atoms with van der Waals surface area (Å²) in [5, 5.41) is 4.78. The van der Waals surface area contributed by atoms with Crippen molar-refractivity contribution in [3.63, 3.8) is 0 Å². The van der Waals surface area contributed by atoms with Gasteiger partial charge < -0.3 is 5.32 Å². The summed E-state index contributed by atoms with van der Waals surface area (Å²) in [6.07, 6.45) is -4.76. The second-order valence-corrected chi connectivity index (χ2v) is 4.95. The molecule has 0 aliphatic heterocycles. The first-order valence-corrected chi connectivity index (χ1v) is 6.36. The number of carbonyl (C=O) groups excluding carboxylic acids is 1. The molecule has 1 aromatic carbocycles. The van der Waals surface area contributed by atoms with Gasteiger partial charge in [-0.1, -0.05) is 17.7 Å². The van der Waals surface area contributed by atoms with Crippen LogP contribution < -0.4 is 5.32 Å². The molecule has 9 heteroatoms. The van der Waals surface area contributed by atoms with Crippen molar-refractivity contribution in [2.24, 2.45) is 7.05 Å². The van der Waals surface area contributed by atoms with Crippen LogP contribution in [0.4, 0.5) is 23.2 Å². The summed E-state index contributed by atoms with van der Waals surface area (Å²) in [4.78, 5) is 12.0. The van der Waals surface area contributed by atoms with Crippen molar-refractivity contribution in [1.82, 2.24) is 9.78 Å². The molecule has 1 aromatic heterocycles. The monoisotopic (exact) mass is 335 g/mol. The number of anilines is 1. The topological polar surface area (TPSA) is 46.9 Å². The number of amides is 1. The summed E-state index contributed by atoms with van der Waals surface area (Å²) in [7, 11) is 1.01. The second-order valence-electron chi connectivity index (χ2n) is 4.57. The predicted molar refractivity (Wildman–Crippen MR) is 72.3 cm³/mol. The van der Waals surface area contributed by atoms with Crippen LogP contribution in [-0.2, 0) is 13.2 Å². The summed E-state index contributed by atoms with van der Waals surface area (Å²) in [6, 6.07) is 3.96. The minimum Gasteiger partial charge on any atom is -0.318 e. The average Bonchev–Trinajstić information content (AvgIpc) is 2.68. The van der Waals surface area contributed by atoms with Gasteiger partial charge in [0.15, 0.2) is 11.4 Å². The highest BCUT2D eigenvalue weighted by Gasteiger charge is 2.40. The zero-order valence-corrected chi connectivity index (χ0v) is 12.2. The summed E-state index contributed by atoms with van der Waals surface area (Å²) < 4.78 is 52.4. The van der Waals surface area contributed by atoms with E-state index in [-0.39, 0.29) is 5.69 Å². The smallest absolute Gasteiger partial charge is 0.318 e. The first kappa shape index (κ1) is 16.3. The maximum atomic E-state index is 13.6. The Morgan fingerprint density at radius 2 is 2.00 bits per heavy atom. The van der Waals surface area contributed by atoms with Gasteiger partial charge in [-0.2, -0.15) is 18.3 Å². The molecule has 0 atom stereocenters. The summed E-state index contributed by atoms with van der Waals surface area (Å²) >= 11 is 5.59. The zero-order chi connectivity index (χ0) is 16.7. The fourth-order valence-electron chi connectivity index (χ4n) is 1.87. The molecular formula is C13H10ClF4N3O. The number of nitrogens with one attached hydrogen (secondary N) is 1. The molecule has 118 valence electrons. The molecular weight excluding hydrogens is 326 g/mol. The molecule has 0 bridgehead atoms. The summed E-state index contributed by atoms with van der Waals surface area (Å²) in [6.45, 7) is 1.67. The first-order valence-electron chi connectivity index (χ1n) is 5.98. The standard InChI is InChI=1S/C13H10ClF4N3O/c1-6-3-4-7(15)8(5-6)19-12(22)10-9(14)11(13(16,17)18)21(2)20-10/h3-5H,1-2H3,(H,19,22). The number of hydrogen-bond donors (Lipinski definition) is 1. The molecule has 0 aliphatic carbocycles. The molecule has 4 nitrogen and oxygen atoms in total. The van der Waals surface area contributed by atoms with Gasteiger partial charge in [0.05, 0.1) is 5.69 Å². The number of nitrogens with zero attached hydrogens (tertiary/aromatic N) is 2. The quantitative estimate of drug-likeness (QED) is 0.849. The number of benzene rings is 1. The van der Waals surface area contributed by atoms with E-state index in [0.29, 0.717) is 10.2 Å². The lowest BCUT2D eigenvalue weighted by Gasteiger charge is -2.07. The molecule has 22 heavy (non-hydrogen) atoms. The molecule has 1 heterocycles. The average molecular weight is 336 g/mol. The third-order valence-electron chi connectivity index (χ3n) is 2.84. The lowest BCUT2D eigenvalue weighted by molar-refractivity contribution is -0.143. The van der Waals surface area contributed by atoms with Crippen LogP contribution in [0.15, 0.2) is 18.2 Å². The number of carbonyl (C=O) groups is 1. The van der Waals surface area contributed by atoms with E-state index in [4.69, 9.17) is 11.6 Å². The number of aromatic nitrogens is 2. The van der Waals surface area contributed by atoms with Crippen LogP contribution in [0.1, 0.15) is 21.7 Å². The third-order valence-corrected chi connectivity index (χ3v) is 3.20. The second kappa shape index (κ2) is 5.60. The van der Waals surface area contributed by atoms with Crippen molar-refractivity contribution < 1.29 is 22.4 Å². The number of hydrogen-bond acceptors (Lipinski definition) is 2. The Hall–Kier alpha value is -2.09. The molecule has 1 N–H and O–H groups in total. The maximum Gasteiger partial charge on any atom is 0.434 e. The van der Waals surface area contributed by atoms with Crippen molar-refractivity contribution in [2.45, 2.75) is 13.1 Å². The van der Waals surface area contributed by atoms with Gasteiger partial charge in [-0.25, -0.2) is 4.39 Å². The molecule has 0 saturated heterocycles. The largest absolute Gasteiger partial charge is 0.434 e. The zero-order valence-electron chi connectivity index (χ0n) is 11.4. The predicted octanol–water partition coefficient (Wildman–Crippen LogP) is 3.79. The molecule has 2 aromatic rings. The van der Waals surface area contributed by atoms with Gasteiger partial charge in [0.1, 0.15) is 10.8 Å². The fraction of sp³-hybridized carbons (Fsp3) is 0.231. The number of halogens is 5. The van der Waals surface area contributed by atoms with Crippen molar-refractivity contribution >= 4 is 23.2 Å². The van der Waals surface area contributed by atoms with Gasteiger partial charge in [0.2, 0.25) is 0 Å². The Balaban J connectivity index is 2.37. The van der Waals surface area contributed by atoms with Crippen LogP contribution >= 0.6 is 11.6 Å². The number of alkyl halides is 3. The highest BCUT2D eigenvalue weighted by atomic mass is 35.5.